The van der Waals surface area contributed by atoms with Crippen LogP contribution < -0.4 is 20.7 Å². The summed E-state index contributed by atoms with van der Waals surface area (Å²) in [5.74, 6) is -0.483. The van der Waals surface area contributed by atoms with E-state index in [1.165, 1.54) is 28.7 Å². The maximum absolute atomic E-state index is 13.7. The summed E-state index contributed by atoms with van der Waals surface area (Å²) in [6, 6.07) is 31.5. The highest BCUT2D eigenvalue weighted by molar-refractivity contribution is 8.00. The number of hydrogen-bond acceptors (Lipinski definition) is 7. The number of thioether (sulfide) groups is 1. The quantitative estimate of drug-likeness (QED) is 0.0842. The predicted octanol–water partition coefficient (Wildman–Crippen LogP) is 8.74. The highest BCUT2D eigenvalue weighted by Gasteiger charge is 2.21. The molecule has 8 nitrogen and oxygen atoms in total. The fourth-order valence-corrected chi connectivity index (χ4v) is 6.78. The van der Waals surface area contributed by atoms with E-state index < -0.39 is 17.1 Å². The number of thiazole rings is 1. The Labute approximate surface area is 295 Å². The second-order valence-electron chi connectivity index (χ2n) is 11.1. The lowest BCUT2D eigenvalue weighted by molar-refractivity contribution is -0.116. The van der Waals surface area contributed by atoms with Crippen molar-refractivity contribution in [3.05, 3.63) is 130 Å². The van der Waals surface area contributed by atoms with Crippen LogP contribution in [0.2, 0.25) is 0 Å². The van der Waals surface area contributed by atoms with Crippen molar-refractivity contribution >= 4 is 57.7 Å². The van der Waals surface area contributed by atoms with Gasteiger partial charge in [0, 0.05) is 32.2 Å². The highest BCUT2D eigenvalue weighted by Crippen LogP contribution is 2.33. The Bertz CT molecular complexity index is 1960. The Kier molecular flexibility index (Phi) is 12.0. The van der Waals surface area contributed by atoms with Gasteiger partial charge in [0.1, 0.15) is 11.4 Å². The fraction of sp³-hybridized carbons (Fsp3) is 0.179. The Balaban J connectivity index is 1.31. The number of benzene rings is 4. The number of rotatable bonds is 13. The molecule has 0 fully saturated rings. The zero-order valence-corrected chi connectivity index (χ0v) is 29.4. The van der Waals surface area contributed by atoms with Gasteiger partial charge in [0.05, 0.1) is 17.6 Å². The van der Waals surface area contributed by atoms with Crippen LogP contribution >= 0.6 is 23.1 Å². The molecular weight excluding hydrogens is 653 g/mol. The van der Waals surface area contributed by atoms with Crippen LogP contribution in [-0.2, 0) is 9.59 Å². The van der Waals surface area contributed by atoms with Crippen LogP contribution in [0, 0.1) is 13.8 Å². The lowest BCUT2D eigenvalue weighted by Gasteiger charge is -2.15. The second-order valence-corrected chi connectivity index (χ2v) is 13.6. The number of aromatic nitrogens is 1. The molecule has 0 spiro atoms. The molecule has 10 heteroatoms. The molecule has 4 aromatic carbocycles. The van der Waals surface area contributed by atoms with E-state index in [0.29, 0.717) is 40.7 Å². The van der Waals surface area contributed by atoms with Gasteiger partial charge in [-0.25, -0.2) is 4.98 Å². The van der Waals surface area contributed by atoms with Gasteiger partial charge >= 0.3 is 0 Å². The Morgan fingerprint density at radius 1 is 0.878 bits per heavy atom. The number of anilines is 2. The Morgan fingerprint density at radius 3 is 2.35 bits per heavy atom. The van der Waals surface area contributed by atoms with Gasteiger partial charge in [0.2, 0.25) is 5.91 Å². The number of para-hydroxylation sites is 1. The van der Waals surface area contributed by atoms with Gasteiger partial charge in [-0.1, -0.05) is 79.2 Å². The van der Waals surface area contributed by atoms with Crippen molar-refractivity contribution in [2.75, 3.05) is 17.2 Å². The molecule has 1 aromatic heterocycles. The van der Waals surface area contributed by atoms with Crippen molar-refractivity contribution in [3.8, 4) is 17.0 Å². The summed E-state index contributed by atoms with van der Waals surface area (Å²) in [6.45, 7) is 8.33. The van der Waals surface area contributed by atoms with E-state index in [0.717, 1.165) is 21.0 Å². The minimum absolute atomic E-state index is 0.0497. The molecule has 3 N–H and O–H groups in total. The molecule has 0 radical (unpaired) electrons. The van der Waals surface area contributed by atoms with E-state index in [1.807, 2.05) is 100 Å². The van der Waals surface area contributed by atoms with Crippen molar-refractivity contribution < 1.29 is 19.1 Å². The molecule has 0 aliphatic rings. The maximum Gasteiger partial charge on any atom is 0.272 e. The maximum atomic E-state index is 13.7. The van der Waals surface area contributed by atoms with Gasteiger partial charge in [-0.3, -0.25) is 14.4 Å². The molecule has 0 aliphatic heterocycles. The lowest BCUT2D eigenvalue weighted by atomic mass is 10.1. The average Bonchev–Trinajstić information content (AvgIpc) is 3.47. The first-order chi connectivity index (χ1) is 23.7. The number of aryl methyl sites for hydroxylation is 2. The Morgan fingerprint density at radius 2 is 1.61 bits per heavy atom. The van der Waals surface area contributed by atoms with Crippen molar-refractivity contribution in [1.82, 2.24) is 10.3 Å². The van der Waals surface area contributed by atoms with Crippen molar-refractivity contribution in [3.63, 3.8) is 0 Å². The predicted molar refractivity (Wildman–Crippen MR) is 200 cm³/mol. The van der Waals surface area contributed by atoms with Crippen molar-refractivity contribution in [1.29, 1.82) is 0 Å². The smallest absolute Gasteiger partial charge is 0.272 e. The number of nitrogens with one attached hydrogen (secondary N) is 3. The van der Waals surface area contributed by atoms with Crippen molar-refractivity contribution in [2.45, 2.75) is 44.3 Å². The van der Waals surface area contributed by atoms with Gasteiger partial charge in [-0.05, 0) is 69.7 Å². The summed E-state index contributed by atoms with van der Waals surface area (Å²) < 4.78 is 5.75. The summed E-state index contributed by atoms with van der Waals surface area (Å²) >= 11 is 2.86. The first-order valence-corrected chi connectivity index (χ1v) is 17.7. The van der Waals surface area contributed by atoms with Gasteiger partial charge in [0.25, 0.3) is 11.8 Å². The molecule has 1 unspecified atom stereocenters. The van der Waals surface area contributed by atoms with Crippen LogP contribution in [0.15, 0.2) is 114 Å². The van der Waals surface area contributed by atoms with E-state index in [4.69, 9.17) is 9.72 Å². The number of ether oxygens (including phenoxy) is 1. The monoisotopic (exact) mass is 690 g/mol. The molecule has 1 atom stereocenters. The van der Waals surface area contributed by atoms with Gasteiger partial charge in [-0.2, -0.15) is 0 Å². The Hall–Kier alpha value is -5.19. The highest BCUT2D eigenvalue weighted by atomic mass is 32.2. The van der Waals surface area contributed by atoms with Crippen LogP contribution in [0.3, 0.4) is 0 Å². The first-order valence-electron chi connectivity index (χ1n) is 16.0. The topological polar surface area (TPSA) is 109 Å². The summed E-state index contributed by atoms with van der Waals surface area (Å²) in [4.78, 5) is 46.7. The summed E-state index contributed by atoms with van der Waals surface area (Å²) in [5, 5.41) is 8.86. The van der Waals surface area contributed by atoms with E-state index in [1.54, 1.807) is 36.4 Å². The minimum Gasteiger partial charge on any atom is -0.493 e. The summed E-state index contributed by atoms with van der Waals surface area (Å²) in [7, 11) is 0. The van der Waals surface area contributed by atoms with E-state index in [2.05, 4.69) is 16.0 Å². The molecular formula is C39H38N4O4S2. The van der Waals surface area contributed by atoms with E-state index >= 15 is 0 Å². The number of nitrogens with zero attached hydrogens (tertiary/aromatic N) is 1. The van der Waals surface area contributed by atoms with E-state index in [-0.39, 0.29) is 11.6 Å². The van der Waals surface area contributed by atoms with Crippen LogP contribution in [0.4, 0.5) is 10.8 Å². The first kappa shape index (κ1) is 35.1. The number of carbonyl (C=O) groups excluding carboxylic acids is 3. The third-order valence-electron chi connectivity index (χ3n) is 7.43. The molecule has 1 heterocycles. The standard InChI is InChI=1S/C39H38N4O4S2/c1-5-34(38(46)43-39-42-35(26(4)48-39)27-21-19-25(3)20-22-27)49-31-17-12-16-30(24-31)40-37(45)32(41-36(44)28-13-8-7-9-14-28)23-29-15-10-11-18-33(29)47-6-2/h7-24,34H,5-6H2,1-4H3,(H,40,45)(H,41,44)(H,42,43,46)/b32-23+. The van der Waals surface area contributed by atoms with Crippen LogP contribution in [0.25, 0.3) is 17.3 Å². The average molecular weight is 691 g/mol. The zero-order chi connectivity index (χ0) is 34.8. The van der Waals surface area contributed by atoms with Gasteiger partial charge in [0.15, 0.2) is 5.13 Å². The lowest BCUT2D eigenvalue weighted by Crippen LogP contribution is -2.30. The number of hydrogen-bond donors (Lipinski definition) is 3. The largest absolute Gasteiger partial charge is 0.493 e. The molecule has 3 amide bonds. The zero-order valence-electron chi connectivity index (χ0n) is 27.8. The summed E-state index contributed by atoms with van der Waals surface area (Å²) in [5.41, 5.74) is 4.67. The molecule has 0 saturated heterocycles. The number of carbonyl (C=O) groups is 3. The number of amides is 3. The molecule has 0 saturated carbocycles. The third-order valence-corrected chi connectivity index (χ3v) is 9.68. The molecule has 0 aliphatic carbocycles. The molecule has 250 valence electrons. The van der Waals surface area contributed by atoms with Gasteiger partial charge < -0.3 is 20.7 Å². The SMILES string of the molecule is CCOc1ccccc1/C=C(/NC(=O)c1ccccc1)C(=O)Nc1cccc(SC(CC)C(=O)Nc2nc(-c3ccc(C)cc3)c(C)s2)c1. The molecule has 49 heavy (non-hydrogen) atoms. The molecule has 5 rings (SSSR count). The van der Waals surface area contributed by atoms with Gasteiger partial charge in [-0.15, -0.1) is 23.1 Å². The van der Waals surface area contributed by atoms with Crippen molar-refractivity contribution in [2.24, 2.45) is 0 Å². The second kappa shape index (κ2) is 16.8. The van der Waals surface area contributed by atoms with Crippen LogP contribution in [-0.4, -0.2) is 34.6 Å². The van der Waals surface area contributed by atoms with Crippen LogP contribution in [0.5, 0.6) is 5.75 Å². The normalized spacial score (nSPS) is 11.8. The third kappa shape index (κ3) is 9.46. The van der Waals surface area contributed by atoms with Crippen LogP contribution in [0.1, 0.15) is 46.6 Å². The fourth-order valence-electron chi connectivity index (χ4n) is 4.93. The minimum atomic E-state index is -0.508. The van der Waals surface area contributed by atoms with E-state index in [9.17, 15) is 14.4 Å². The molecule has 0 bridgehead atoms. The molecule has 5 aromatic rings. The summed E-state index contributed by atoms with van der Waals surface area (Å²) in [6.07, 6.45) is 2.18.